The molecule has 2 heterocycles. The number of nitrogens with zero attached hydrogens (tertiary/aromatic N) is 4. The van der Waals surface area contributed by atoms with E-state index in [1.807, 2.05) is 32.0 Å². The Morgan fingerprint density at radius 2 is 1.35 bits per heavy atom. The fraction of sp³-hybridized carbons (Fsp3) is 0.595. The topological polar surface area (TPSA) is 350 Å². The molecule has 0 unspecified atom stereocenters. The first-order valence-corrected chi connectivity index (χ1v) is 34.8. The molecule has 9 N–H and O–H groups in total. The van der Waals surface area contributed by atoms with Crippen molar-refractivity contribution >= 4 is 76.3 Å². The van der Waals surface area contributed by atoms with E-state index in [9.17, 15) is 53.1 Å². The Hall–Kier alpha value is -8.82. The van der Waals surface area contributed by atoms with Gasteiger partial charge >= 0.3 is 24.3 Å². The van der Waals surface area contributed by atoms with Gasteiger partial charge in [-0.25, -0.2) is 19.2 Å². The summed E-state index contributed by atoms with van der Waals surface area (Å²) < 4.78 is 30.3. The summed E-state index contributed by atoms with van der Waals surface area (Å²) in [7, 11) is 6.07. The number of nitrogens with one attached hydrogen (secondary N) is 6. The summed E-state index contributed by atoms with van der Waals surface area (Å²) in [4.78, 5) is 143. The molecule has 3 aromatic carbocycles. The van der Waals surface area contributed by atoms with Crippen LogP contribution in [0.3, 0.4) is 0 Å². The Morgan fingerprint density at radius 1 is 0.713 bits per heavy atom. The number of rotatable bonds is 33. The van der Waals surface area contributed by atoms with Crippen LogP contribution in [0, 0.1) is 23.7 Å². The number of carbonyl (C=O) groups is 10. The van der Waals surface area contributed by atoms with Crippen LogP contribution in [0.15, 0.2) is 85.1 Å². The van der Waals surface area contributed by atoms with Gasteiger partial charge in [0, 0.05) is 65.1 Å². The van der Waals surface area contributed by atoms with Crippen LogP contribution in [0.5, 0.6) is 0 Å². The van der Waals surface area contributed by atoms with E-state index in [1.54, 1.807) is 161 Å². The number of ether oxygens (including phenoxy) is 5. The third-order valence-electron chi connectivity index (χ3n) is 18.1. The summed E-state index contributed by atoms with van der Waals surface area (Å²) in [6, 6.07) is 15.1. The summed E-state index contributed by atoms with van der Waals surface area (Å²) >= 11 is 0. The number of likely N-dealkylation sites (N-methyl/N-ethyl adjacent to an activating group) is 2. The molecule has 0 radical (unpaired) electrons. The molecule has 101 heavy (non-hydrogen) atoms. The van der Waals surface area contributed by atoms with Gasteiger partial charge in [0.05, 0.1) is 54.3 Å². The highest BCUT2D eigenvalue weighted by molar-refractivity contribution is 5.99. The minimum absolute atomic E-state index is 0.00155. The van der Waals surface area contributed by atoms with Crippen molar-refractivity contribution in [2.75, 3.05) is 46.7 Å². The molecule has 4 aromatic rings. The second-order valence-electron chi connectivity index (χ2n) is 28.9. The monoisotopic (exact) mass is 1410 g/mol. The summed E-state index contributed by atoms with van der Waals surface area (Å²) in [6.07, 6.45) is -1.47. The van der Waals surface area contributed by atoms with E-state index >= 15 is 0 Å². The third kappa shape index (κ3) is 23.9. The molecule has 10 amide bonds. The van der Waals surface area contributed by atoms with Gasteiger partial charge in [-0.3, -0.25) is 38.2 Å². The maximum absolute atomic E-state index is 14.9. The number of anilines is 1. The van der Waals surface area contributed by atoms with E-state index in [4.69, 9.17) is 29.4 Å². The zero-order chi connectivity index (χ0) is 75.4. The number of hydrogen-bond acceptors (Lipinski definition) is 16. The number of benzene rings is 3. The van der Waals surface area contributed by atoms with Crippen LogP contribution in [0.2, 0.25) is 0 Å². The number of primary amides is 1. The van der Waals surface area contributed by atoms with Gasteiger partial charge < -0.3 is 76.2 Å². The molecule has 0 spiro atoms. The van der Waals surface area contributed by atoms with E-state index in [2.05, 4.69) is 31.9 Å². The van der Waals surface area contributed by atoms with E-state index < -0.39 is 138 Å². The molecule has 1 fully saturated rings. The van der Waals surface area contributed by atoms with Gasteiger partial charge in [-0.15, -0.1) is 0 Å². The average Bonchev–Trinajstić information content (AvgIpc) is 1.64. The average molecular weight is 1410 g/mol. The smallest absolute Gasteiger partial charge is 0.419 e. The standard InChI is InChI=1S/C74H111N11O16/c1-19-45(6)61(57(97-17)40-58(86)84-38-26-32-56(84)63(98-18)46(7)64(88)77-47(8)62(87)49-27-21-20-22-28-49)82(15)68(92)59(43(2)3)81-67(91)60(44(4)5)83(16)71(95)99-42-48-33-35-51(36-34-48)78-65(89)53(30-25-37-76-69(75)93)79-66(90)54(80-70(94)100-73(9,10)11)39-50-41-85(72(96)101-74(12,13)14)55-31-24-23-29-52(50)55/h20-24,27-29,31,33-36,41,43-47,53-54,56-57,59-63,87H,19,25-26,30,32,37-40,42H2,1-18H3,(H,77,88)(H,78,89)(H,79,90)(H,80,94)(H,81,91)(H3,75,76,93)/t45-,46+,47+,53-,54+,56-,57+,59-,60-,61-,62+,63+/m0/s1. The van der Waals surface area contributed by atoms with Crippen LogP contribution < -0.4 is 37.6 Å². The van der Waals surface area contributed by atoms with Crippen LogP contribution in [-0.2, 0) is 65.5 Å². The maximum atomic E-state index is 14.9. The Labute approximate surface area is 594 Å². The van der Waals surface area contributed by atoms with Crippen molar-refractivity contribution in [1.29, 1.82) is 0 Å². The number of hydrogen-bond donors (Lipinski definition) is 8. The molecule has 27 heteroatoms. The Balaban J connectivity index is 1.25. The number of likely N-dealkylation sites (tertiary alicyclic amines) is 1. The van der Waals surface area contributed by atoms with Crippen LogP contribution >= 0.6 is 0 Å². The molecule has 1 saturated heterocycles. The largest absolute Gasteiger partial charge is 0.445 e. The van der Waals surface area contributed by atoms with Gasteiger partial charge in [0.1, 0.15) is 42.0 Å². The molecular weight excluding hydrogens is 1300 g/mol. The second-order valence-corrected chi connectivity index (χ2v) is 28.9. The maximum Gasteiger partial charge on any atom is 0.419 e. The number of aliphatic hydroxyl groups is 1. The molecule has 5 rings (SSSR count). The third-order valence-corrected chi connectivity index (χ3v) is 18.1. The predicted octanol–water partition coefficient (Wildman–Crippen LogP) is 8.32. The first-order valence-electron chi connectivity index (χ1n) is 34.8. The van der Waals surface area contributed by atoms with Crippen molar-refractivity contribution in [3.8, 4) is 0 Å². The van der Waals surface area contributed by atoms with Crippen LogP contribution in [0.4, 0.5) is 24.9 Å². The van der Waals surface area contributed by atoms with Gasteiger partial charge in [0.25, 0.3) is 0 Å². The van der Waals surface area contributed by atoms with Gasteiger partial charge in [0.15, 0.2) is 0 Å². The van der Waals surface area contributed by atoms with Gasteiger partial charge in [0.2, 0.25) is 35.4 Å². The van der Waals surface area contributed by atoms with Gasteiger partial charge in [-0.1, -0.05) is 116 Å². The van der Waals surface area contributed by atoms with E-state index in [0.29, 0.717) is 59.1 Å². The number of alkyl carbamates (subject to hydrolysis) is 1. The molecule has 0 aliphatic carbocycles. The lowest BCUT2D eigenvalue weighted by Crippen LogP contribution is -2.60. The lowest BCUT2D eigenvalue weighted by Gasteiger charge is -2.41. The van der Waals surface area contributed by atoms with Crippen molar-refractivity contribution in [2.24, 2.45) is 29.4 Å². The quantitative estimate of drug-likeness (QED) is 0.0164. The first-order chi connectivity index (χ1) is 47.4. The van der Waals surface area contributed by atoms with Crippen molar-refractivity contribution in [3.63, 3.8) is 0 Å². The molecule has 0 bridgehead atoms. The number of amides is 10. The first kappa shape index (κ1) is 82.8. The van der Waals surface area contributed by atoms with Crippen LogP contribution in [0.25, 0.3) is 10.9 Å². The molecule has 12 atom stereocenters. The van der Waals surface area contributed by atoms with Crippen molar-refractivity contribution in [3.05, 3.63) is 102 Å². The number of nitrogens with two attached hydrogens (primary N) is 1. The number of urea groups is 1. The Kier molecular flexibility index (Phi) is 31.0. The summed E-state index contributed by atoms with van der Waals surface area (Å²) in [5, 5.41) is 28.2. The molecule has 1 aliphatic rings. The number of aliphatic hydroxyl groups excluding tert-OH is 1. The Bertz CT molecular complexity index is 3440. The molecule has 1 aliphatic heterocycles. The fourth-order valence-electron chi connectivity index (χ4n) is 12.7. The molecule has 0 saturated carbocycles. The lowest BCUT2D eigenvalue weighted by atomic mass is 9.89. The second kappa shape index (κ2) is 37.7. The number of methoxy groups -OCH3 is 2. The van der Waals surface area contributed by atoms with Crippen molar-refractivity contribution in [2.45, 2.75) is 220 Å². The van der Waals surface area contributed by atoms with Gasteiger partial charge in [-0.05, 0) is 127 Å². The van der Waals surface area contributed by atoms with E-state index in [0.717, 1.165) is 0 Å². The van der Waals surface area contributed by atoms with Gasteiger partial charge in [-0.2, -0.15) is 0 Å². The van der Waals surface area contributed by atoms with Crippen LogP contribution in [-0.4, -0.2) is 191 Å². The SMILES string of the molecule is CC[C@H](C)[C@@H]([C@@H](CC(=O)N1CCC[C@H]1[C@H](OC)[C@@H](C)C(=O)N[C@H](C)[C@@H](O)c1ccccc1)OC)N(C)C(=O)[C@@H](NC(=O)[C@H](C(C)C)N(C)C(=O)OCc1ccc(NC(=O)[C@H](CCCNC(N)=O)NC(=O)[C@@H](Cc2cn(C(=O)OC(C)(C)C)c3ccccc23)NC(=O)OC(C)(C)C)cc1)C(C)C. The highest BCUT2D eigenvalue weighted by Crippen LogP contribution is 2.31. The fourth-order valence-corrected chi connectivity index (χ4v) is 12.7. The number of carbonyl (C=O) groups excluding carboxylic acids is 10. The lowest BCUT2D eigenvalue weighted by molar-refractivity contribution is -0.148. The number of para-hydroxylation sites is 1. The molecular formula is C74H111N11O16. The Morgan fingerprint density at radius 3 is 1.93 bits per heavy atom. The number of fused-ring (bicyclic) bond motifs is 1. The number of aromatic nitrogens is 1. The minimum atomic E-state index is -1.35. The van der Waals surface area contributed by atoms with Crippen molar-refractivity contribution < 1.29 is 76.7 Å². The van der Waals surface area contributed by atoms with Crippen LogP contribution in [0.1, 0.15) is 158 Å². The molecule has 27 nitrogen and oxygen atoms in total. The van der Waals surface area contributed by atoms with E-state index in [1.165, 1.54) is 36.9 Å². The summed E-state index contributed by atoms with van der Waals surface area (Å²) in [5.74, 6) is -4.80. The molecule has 1 aromatic heterocycles. The normalized spacial score (nSPS) is 16.6. The molecule has 558 valence electrons. The van der Waals surface area contributed by atoms with Crippen molar-refractivity contribution in [1.82, 2.24) is 45.9 Å². The zero-order valence-corrected chi connectivity index (χ0v) is 62.2. The summed E-state index contributed by atoms with van der Waals surface area (Å²) in [6.45, 7) is 25.0. The summed E-state index contributed by atoms with van der Waals surface area (Å²) in [5.41, 5.74) is 6.00. The minimum Gasteiger partial charge on any atom is -0.445 e. The predicted molar refractivity (Wildman–Crippen MR) is 383 cm³/mol. The zero-order valence-electron chi connectivity index (χ0n) is 62.2. The highest BCUT2D eigenvalue weighted by Gasteiger charge is 2.44. The van der Waals surface area contributed by atoms with E-state index in [-0.39, 0.29) is 56.6 Å². The highest BCUT2D eigenvalue weighted by atomic mass is 16.6.